The van der Waals surface area contributed by atoms with E-state index < -0.39 is 58.8 Å². The Labute approximate surface area is 260 Å². The van der Waals surface area contributed by atoms with Crippen LogP contribution < -0.4 is 16.0 Å². The van der Waals surface area contributed by atoms with Crippen LogP contribution >= 0.6 is 11.3 Å². The van der Waals surface area contributed by atoms with E-state index in [-0.39, 0.29) is 37.0 Å². The largest absolute Gasteiger partial charge is 0.476 e. The number of aromatic nitrogens is 1. The van der Waals surface area contributed by atoms with E-state index in [1.165, 1.54) is 17.2 Å². The normalized spacial score (nSPS) is 12.8. The van der Waals surface area contributed by atoms with Crippen molar-refractivity contribution in [3.63, 3.8) is 0 Å². The Kier molecular flexibility index (Phi) is 13.8. The standard InChI is InChI=1S/C27H44N6O10S/c1-16(43-32-18(20(35)36)17-15-44-21(30-17)31-23(38)41-26(5,6)7)19(34)28-11-13-33(24(39)42-27(8,9)10)14-12-29-22(37)40-25(2,3)4/h15-16H,11-14H2,1-10H3,(H,28,34)(H,29,37)(H,35,36)(H,30,31,38). The first-order valence-electron chi connectivity index (χ1n) is 13.7. The Morgan fingerprint density at radius 1 is 0.886 bits per heavy atom. The highest BCUT2D eigenvalue weighted by molar-refractivity contribution is 7.14. The van der Waals surface area contributed by atoms with Crippen LogP contribution in [0.2, 0.25) is 0 Å². The number of alkyl carbamates (subject to hydrolysis) is 1. The second kappa shape index (κ2) is 16.1. The molecule has 4 amide bonds. The van der Waals surface area contributed by atoms with Crippen LogP contribution in [0.4, 0.5) is 19.5 Å². The van der Waals surface area contributed by atoms with Crippen molar-refractivity contribution in [1.82, 2.24) is 20.5 Å². The van der Waals surface area contributed by atoms with Gasteiger partial charge in [-0.1, -0.05) is 5.16 Å². The average molecular weight is 645 g/mol. The molecule has 16 nitrogen and oxygen atoms in total. The monoisotopic (exact) mass is 644 g/mol. The molecule has 0 aliphatic heterocycles. The van der Waals surface area contributed by atoms with Crippen molar-refractivity contribution >= 4 is 52.3 Å². The predicted molar refractivity (Wildman–Crippen MR) is 162 cm³/mol. The summed E-state index contributed by atoms with van der Waals surface area (Å²) in [4.78, 5) is 71.4. The summed E-state index contributed by atoms with van der Waals surface area (Å²) in [6.07, 6.45) is -3.28. The van der Waals surface area contributed by atoms with Gasteiger partial charge in [-0.15, -0.1) is 11.3 Å². The summed E-state index contributed by atoms with van der Waals surface area (Å²) >= 11 is 0.944. The van der Waals surface area contributed by atoms with Gasteiger partial charge in [-0.05, 0) is 69.2 Å². The minimum atomic E-state index is -1.47. The number of nitrogens with zero attached hydrogens (tertiary/aromatic N) is 3. The first-order valence-corrected chi connectivity index (χ1v) is 14.6. The highest BCUT2D eigenvalue weighted by atomic mass is 32.1. The maximum Gasteiger partial charge on any atom is 0.413 e. The van der Waals surface area contributed by atoms with Crippen LogP contribution in [-0.2, 0) is 28.6 Å². The number of ether oxygens (including phenoxy) is 3. The lowest BCUT2D eigenvalue weighted by molar-refractivity contribution is -0.133. The van der Waals surface area contributed by atoms with E-state index >= 15 is 0 Å². The topological polar surface area (TPSA) is 207 Å². The van der Waals surface area contributed by atoms with Gasteiger partial charge in [-0.3, -0.25) is 10.1 Å². The molecule has 0 bridgehead atoms. The molecule has 1 atom stereocenters. The molecule has 0 fully saturated rings. The fraction of sp³-hybridized carbons (Fsp3) is 0.667. The van der Waals surface area contributed by atoms with E-state index in [1.54, 1.807) is 62.3 Å². The Hall–Kier alpha value is -4.15. The quantitative estimate of drug-likeness (QED) is 0.147. The number of nitrogens with one attached hydrogen (secondary N) is 3. The third-order valence-electron chi connectivity index (χ3n) is 4.61. The lowest BCUT2D eigenvalue weighted by Crippen LogP contribution is -2.46. The molecule has 0 radical (unpaired) electrons. The van der Waals surface area contributed by atoms with E-state index in [2.05, 4.69) is 26.1 Å². The SMILES string of the molecule is CC(ON=C(C(=O)O)c1csc(NC(=O)OC(C)(C)C)n1)C(=O)NCCN(CCNC(=O)OC(C)(C)C)C(=O)OC(C)(C)C. The van der Waals surface area contributed by atoms with Gasteiger partial charge in [0.1, 0.15) is 22.5 Å². The van der Waals surface area contributed by atoms with Crippen molar-refractivity contribution in [3.8, 4) is 0 Å². The Bertz CT molecular complexity index is 1200. The number of carboxylic acids is 1. The Balaban J connectivity index is 2.77. The second-order valence-electron chi connectivity index (χ2n) is 12.3. The van der Waals surface area contributed by atoms with Crippen LogP contribution in [0.5, 0.6) is 0 Å². The summed E-state index contributed by atoms with van der Waals surface area (Å²) in [5.74, 6) is -2.11. The molecule has 0 saturated carbocycles. The number of anilines is 1. The molecule has 17 heteroatoms. The average Bonchev–Trinajstić information content (AvgIpc) is 3.26. The number of carbonyl (C=O) groups is 5. The Morgan fingerprint density at radius 2 is 1.41 bits per heavy atom. The van der Waals surface area contributed by atoms with Crippen LogP contribution in [-0.4, -0.2) is 99.9 Å². The number of hydrogen-bond donors (Lipinski definition) is 4. The Morgan fingerprint density at radius 3 is 1.93 bits per heavy atom. The first-order chi connectivity index (χ1) is 20.1. The maximum absolute atomic E-state index is 12.7. The number of oxime groups is 1. The first kappa shape index (κ1) is 37.9. The van der Waals surface area contributed by atoms with Gasteiger partial charge in [0, 0.05) is 31.6 Å². The molecule has 0 spiro atoms. The number of amides is 4. The molecule has 0 saturated heterocycles. The van der Waals surface area contributed by atoms with Crippen LogP contribution in [0.1, 0.15) is 74.9 Å². The van der Waals surface area contributed by atoms with Crippen molar-refractivity contribution in [2.45, 2.75) is 92.1 Å². The minimum Gasteiger partial charge on any atom is -0.476 e. The van der Waals surface area contributed by atoms with Gasteiger partial charge in [0.05, 0.1) is 0 Å². The second-order valence-corrected chi connectivity index (χ2v) is 13.2. The van der Waals surface area contributed by atoms with Gasteiger partial charge in [-0.2, -0.15) is 0 Å². The summed E-state index contributed by atoms with van der Waals surface area (Å²) < 4.78 is 15.7. The highest BCUT2D eigenvalue weighted by Crippen LogP contribution is 2.18. The van der Waals surface area contributed by atoms with E-state index in [0.29, 0.717) is 0 Å². The molecule has 1 heterocycles. The number of carbonyl (C=O) groups excluding carboxylic acids is 4. The van der Waals surface area contributed by atoms with Crippen molar-refractivity contribution in [2.24, 2.45) is 5.16 Å². The van der Waals surface area contributed by atoms with E-state index in [1.807, 2.05) is 0 Å². The fourth-order valence-electron chi connectivity index (χ4n) is 2.89. The minimum absolute atomic E-state index is 0.0144. The zero-order chi connectivity index (χ0) is 33.9. The van der Waals surface area contributed by atoms with Gasteiger partial charge in [0.2, 0.25) is 11.8 Å². The van der Waals surface area contributed by atoms with Crippen LogP contribution in [0.3, 0.4) is 0 Å². The molecule has 0 aliphatic carbocycles. The molecule has 1 aromatic heterocycles. The fourth-order valence-corrected chi connectivity index (χ4v) is 3.57. The molecular formula is C27H44N6O10S. The molecule has 1 rings (SSSR count). The van der Waals surface area contributed by atoms with Gasteiger partial charge in [0.15, 0.2) is 5.13 Å². The predicted octanol–water partition coefficient (Wildman–Crippen LogP) is 3.56. The van der Waals surface area contributed by atoms with Crippen molar-refractivity contribution in [3.05, 3.63) is 11.1 Å². The van der Waals surface area contributed by atoms with Gasteiger partial charge >= 0.3 is 24.2 Å². The lowest BCUT2D eigenvalue weighted by atomic mass is 10.2. The van der Waals surface area contributed by atoms with Crippen LogP contribution in [0, 0.1) is 0 Å². The number of rotatable bonds is 12. The summed E-state index contributed by atoms with van der Waals surface area (Å²) in [7, 11) is 0. The summed E-state index contributed by atoms with van der Waals surface area (Å²) in [5.41, 5.74) is -2.89. The van der Waals surface area contributed by atoms with Crippen molar-refractivity contribution < 1.29 is 48.1 Å². The maximum atomic E-state index is 12.7. The smallest absolute Gasteiger partial charge is 0.413 e. The summed E-state index contributed by atoms with van der Waals surface area (Å²) in [6, 6.07) is 0. The van der Waals surface area contributed by atoms with Gasteiger partial charge in [0.25, 0.3) is 5.91 Å². The molecule has 44 heavy (non-hydrogen) atoms. The van der Waals surface area contributed by atoms with Gasteiger partial charge in [-0.25, -0.2) is 24.2 Å². The number of carboxylic acid groups (broad SMARTS) is 1. The van der Waals surface area contributed by atoms with Crippen LogP contribution in [0.25, 0.3) is 0 Å². The summed E-state index contributed by atoms with van der Waals surface area (Å²) in [6.45, 7) is 16.9. The zero-order valence-electron chi connectivity index (χ0n) is 26.9. The molecule has 1 unspecified atom stereocenters. The highest BCUT2D eigenvalue weighted by Gasteiger charge is 2.25. The number of hydrogen-bond acceptors (Lipinski definition) is 12. The third-order valence-corrected chi connectivity index (χ3v) is 5.37. The molecule has 0 aliphatic rings. The van der Waals surface area contributed by atoms with E-state index in [4.69, 9.17) is 19.0 Å². The third kappa shape index (κ3) is 15.9. The number of aliphatic carboxylic acids is 1. The van der Waals surface area contributed by atoms with E-state index in [9.17, 15) is 29.1 Å². The molecule has 4 N–H and O–H groups in total. The zero-order valence-corrected chi connectivity index (χ0v) is 27.7. The van der Waals surface area contributed by atoms with Gasteiger partial charge < -0.3 is 39.7 Å². The van der Waals surface area contributed by atoms with Crippen molar-refractivity contribution in [2.75, 3.05) is 31.5 Å². The van der Waals surface area contributed by atoms with Crippen molar-refractivity contribution in [1.29, 1.82) is 0 Å². The van der Waals surface area contributed by atoms with E-state index in [0.717, 1.165) is 11.3 Å². The molecule has 0 aromatic carbocycles. The van der Waals surface area contributed by atoms with Crippen LogP contribution in [0.15, 0.2) is 10.5 Å². The number of thiazole rings is 1. The molecule has 1 aromatic rings. The lowest BCUT2D eigenvalue weighted by Gasteiger charge is -2.28. The molecule has 248 valence electrons. The molecular weight excluding hydrogens is 600 g/mol. The summed E-state index contributed by atoms with van der Waals surface area (Å²) in [5, 5.41) is 22.1.